The first kappa shape index (κ1) is 20.0. The SMILES string of the molecule is Cc1cc2nc(-c3cc(NC(=O)COc4ccc(Br)cc4)ccc3O)oc2cc1C. The molecule has 0 bridgehead atoms. The first-order chi connectivity index (χ1) is 14.4. The largest absolute Gasteiger partial charge is 0.507 e. The molecule has 0 spiro atoms. The Hall–Kier alpha value is -3.32. The van der Waals surface area contributed by atoms with Gasteiger partial charge < -0.3 is 19.6 Å². The standard InChI is InChI=1S/C23H19BrN2O4/c1-13-9-19-21(10-14(13)2)30-23(26-19)18-11-16(5-8-20(18)27)25-22(28)12-29-17-6-3-15(24)4-7-17/h3-11,27H,12H2,1-2H3,(H,25,28). The third-order valence-corrected chi connectivity index (χ3v) is 5.23. The molecule has 152 valence electrons. The zero-order valence-corrected chi connectivity index (χ0v) is 18.0. The number of hydrogen-bond donors (Lipinski definition) is 2. The minimum Gasteiger partial charge on any atom is -0.507 e. The lowest BCUT2D eigenvalue weighted by molar-refractivity contribution is -0.118. The second kappa shape index (κ2) is 8.20. The summed E-state index contributed by atoms with van der Waals surface area (Å²) in [4.78, 5) is 16.7. The Balaban J connectivity index is 1.51. The van der Waals surface area contributed by atoms with Crippen LogP contribution in [0.15, 0.2) is 63.5 Å². The van der Waals surface area contributed by atoms with E-state index in [1.165, 1.54) is 6.07 Å². The number of ether oxygens (including phenoxy) is 1. The molecule has 1 amide bonds. The Labute approximate surface area is 181 Å². The van der Waals surface area contributed by atoms with E-state index in [0.29, 0.717) is 28.1 Å². The highest BCUT2D eigenvalue weighted by molar-refractivity contribution is 9.10. The summed E-state index contributed by atoms with van der Waals surface area (Å²) in [6, 6.07) is 15.8. The zero-order chi connectivity index (χ0) is 21.3. The molecule has 4 rings (SSSR count). The third kappa shape index (κ3) is 4.31. The Morgan fingerprint density at radius 3 is 2.60 bits per heavy atom. The second-order valence-electron chi connectivity index (χ2n) is 6.95. The molecule has 2 N–H and O–H groups in total. The molecule has 6 nitrogen and oxygen atoms in total. The summed E-state index contributed by atoms with van der Waals surface area (Å²) in [5.41, 5.74) is 4.46. The molecular formula is C23H19BrN2O4. The lowest BCUT2D eigenvalue weighted by atomic mass is 10.1. The maximum Gasteiger partial charge on any atom is 0.262 e. The maximum absolute atomic E-state index is 12.3. The van der Waals surface area contributed by atoms with E-state index in [-0.39, 0.29) is 24.2 Å². The number of hydrogen-bond acceptors (Lipinski definition) is 5. The van der Waals surface area contributed by atoms with E-state index in [4.69, 9.17) is 9.15 Å². The van der Waals surface area contributed by atoms with Crippen molar-refractivity contribution in [3.8, 4) is 23.0 Å². The van der Waals surface area contributed by atoms with Crippen LogP contribution in [0.5, 0.6) is 11.5 Å². The van der Waals surface area contributed by atoms with Crippen molar-refractivity contribution < 1.29 is 19.1 Å². The molecule has 1 heterocycles. The van der Waals surface area contributed by atoms with Gasteiger partial charge in [0.1, 0.15) is 17.0 Å². The molecule has 0 saturated heterocycles. The van der Waals surface area contributed by atoms with Gasteiger partial charge in [0, 0.05) is 10.2 Å². The number of carbonyl (C=O) groups excluding carboxylic acids is 1. The van der Waals surface area contributed by atoms with Crippen LogP contribution >= 0.6 is 15.9 Å². The van der Waals surface area contributed by atoms with E-state index in [1.54, 1.807) is 24.3 Å². The Morgan fingerprint density at radius 2 is 1.83 bits per heavy atom. The van der Waals surface area contributed by atoms with E-state index >= 15 is 0 Å². The summed E-state index contributed by atoms with van der Waals surface area (Å²) >= 11 is 3.35. The van der Waals surface area contributed by atoms with Crippen molar-refractivity contribution in [1.29, 1.82) is 0 Å². The number of anilines is 1. The Bertz CT molecular complexity index is 1190. The molecule has 1 aromatic heterocycles. The fraction of sp³-hybridized carbons (Fsp3) is 0.130. The average molecular weight is 467 g/mol. The van der Waals surface area contributed by atoms with Crippen molar-refractivity contribution in [3.63, 3.8) is 0 Å². The van der Waals surface area contributed by atoms with Gasteiger partial charge in [-0.3, -0.25) is 4.79 Å². The molecule has 0 aliphatic rings. The molecule has 0 saturated carbocycles. The molecular weight excluding hydrogens is 448 g/mol. The van der Waals surface area contributed by atoms with Crippen molar-refractivity contribution in [3.05, 3.63) is 70.2 Å². The number of amides is 1. The van der Waals surface area contributed by atoms with Crippen molar-refractivity contribution in [2.45, 2.75) is 13.8 Å². The number of phenolic OH excluding ortho intramolecular Hbond substituents is 1. The van der Waals surface area contributed by atoms with E-state index in [1.807, 2.05) is 38.1 Å². The molecule has 0 unspecified atom stereocenters. The molecule has 0 aliphatic carbocycles. The highest BCUT2D eigenvalue weighted by Crippen LogP contribution is 2.34. The number of nitrogens with zero attached hydrogens (tertiary/aromatic N) is 1. The number of carbonyl (C=O) groups is 1. The number of aromatic nitrogens is 1. The van der Waals surface area contributed by atoms with E-state index < -0.39 is 0 Å². The normalized spacial score (nSPS) is 10.9. The van der Waals surface area contributed by atoms with E-state index in [2.05, 4.69) is 26.2 Å². The zero-order valence-electron chi connectivity index (χ0n) is 16.4. The number of nitrogens with one attached hydrogen (secondary N) is 1. The van der Waals surface area contributed by atoms with Crippen LogP contribution in [-0.4, -0.2) is 22.6 Å². The van der Waals surface area contributed by atoms with Gasteiger partial charge in [-0.1, -0.05) is 15.9 Å². The number of aryl methyl sites for hydroxylation is 2. The van der Waals surface area contributed by atoms with Crippen molar-refractivity contribution in [2.24, 2.45) is 0 Å². The number of halogens is 1. The first-order valence-electron chi connectivity index (χ1n) is 9.28. The van der Waals surface area contributed by atoms with Gasteiger partial charge in [-0.2, -0.15) is 0 Å². The summed E-state index contributed by atoms with van der Waals surface area (Å²) in [6.07, 6.45) is 0. The molecule has 3 aromatic carbocycles. The van der Waals surface area contributed by atoms with Gasteiger partial charge in [0.15, 0.2) is 12.2 Å². The van der Waals surface area contributed by atoms with Crippen molar-refractivity contribution in [1.82, 2.24) is 4.98 Å². The lowest BCUT2D eigenvalue weighted by Crippen LogP contribution is -2.20. The Kier molecular flexibility index (Phi) is 5.46. The van der Waals surface area contributed by atoms with Crippen LogP contribution in [0, 0.1) is 13.8 Å². The number of phenols is 1. The smallest absolute Gasteiger partial charge is 0.262 e. The number of fused-ring (bicyclic) bond motifs is 1. The maximum atomic E-state index is 12.3. The van der Waals surface area contributed by atoms with Gasteiger partial charge in [0.05, 0.1) is 5.56 Å². The van der Waals surface area contributed by atoms with Crippen LogP contribution in [-0.2, 0) is 4.79 Å². The number of benzene rings is 3. The van der Waals surface area contributed by atoms with E-state index in [0.717, 1.165) is 15.6 Å². The van der Waals surface area contributed by atoms with Gasteiger partial charge in [-0.15, -0.1) is 0 Å². The predicted octanol–water partition coefficient (Wildman–Crippen LogP) is 5.60. The lowest BCUT2D eigenvalue weighted by Gasteiger charge is -2.09. The van der Waals surface area contributed by atoms with Crippen molar-refractivity contribution in [2.75, 3.05) is 11.9 Å². The Morgan fingerprint density at radius 1 is 1.10 bits per heavy atom. The summed E-state index contributed by atoms with van der Waals surface area (Å²) in [5, 5.41) is 13.0. The van der Waals surface area contributed by atoms with E-state index in [9.17, 15) is 9.90 Å². The highest BCUT2D eigenvalue weighted by Gasteiger charge is 2.15. The summed E-state index contributed by atoms with van der Waals surface area (Å²) in [5.74, 6) is 0.573. The molecule has 30 heavy (non-hydrogen) atoms. The van der Waals surface area contributed by atoms with Gasteiger partial charge in [0.25, 0.3) is 5.91 Å². The fourth-order valence-electron chi connectivity index (χ4n) is 2.96. The van der Waals surface area contributed by atoms with Gasteiger partial charge >= 0.3 is 0 Å². The topological polar surface area (TPSA) is 84.6 Å². The van der Waals surface area contributed by atoms with Crippen LogP contribution < -0.4 is 10.1 Å². The third-order valence-electron chi connectivity index (χ3n) is 4.70. The summed E-state index contributed by atoms with van der Waals surface area (Å²) in [6.45, 7) is 3.87. The quantitative estimate of drug-likeness (QED) is 0.374. The molecule has 0 radical (unpaired) electrons. The molecule has 7 heteroatoms. The molecule has 4 aromatic rings. The predicted molar refractivity (Wildman–Crippen MR) is 119 cm³/mol. The number of aromatic hydroxyl groups is 1. The summed E-state index contributed by atoms with van der Waals surface area (Å²) < 4.78 is 12.2. The van der Waals surface area contributed by atoms with Crippen molar-refractivity contribution >= 4 is 38.6 Å². The average Bonchev–Trinajstić information content (AvgIpc) is 3.11. The molecule has 0 aliphatic heterocycles. The minimum atomic E-state index is -0.321. The van der Waals surface area contributed by atoms with Gasteiger partial charge in [0.2, 0.25) is 5.89 Å². The molecule has 0 fully saturated rings. The monoisotopic (exact) mass is 466 g/mol. The van der Waals surface area contributed by atoms with Crippen LogP contribution in [0.4, 0.5) is 5.69 Å². The molecule has 0 atom stereocenters. The highest BCUT2D eigenvalue weighted by atomic mass is 79.9. The number of rotatable bonds is 5. The van der Waals surface area contributed by atoms with Crippen LogP contribution in [0.3, 0.4) is 0 Å². The first-order valence-corrected chi connectivity index (χ1v) is 10.1. The second-order valence-corrected chi connectivity index (χ2v) is 7.86. The fourth-order valence-corrected chi connectivity index (χ4v) is 3.22. The van der Waals surface area contributed by atoms with Gasteiger partial charge in [-0.05, 0) is 79.6 Å². The summed E-state index contributed by atoms with van der Waals surface area (Å²) in [7, 11) is 0. The van der Waals surface area contributed by atoms with Gasteiger partial charge in [-0.25, -0.2) is 4.98 Å². The number of oxazole rings is 1. The minimum absolute atomic E-state index is 0.0131. The van der Waals surface area contributed by atoms with Crippen LogP contribution in [0.25, 0.3) is 22.6 Å². The van der Waals surface area contributed by atoms with Crippen LogP contribution in [0.2, 0.25) is 0 Å². The van der Waals surface area contributed by atoms with Crippen LogP contribution in [0.1, 0.15) is 11.1 Å².